The smallest absolute Gasteiger partial charge is 0.185 e. The van der Waals surface area contributed by atoms with E-state index in [2.05, 4.69) is 21.4 Å². The Hall–Kier alpha value is -2.16. The van der Waals surface area contributed by atoms with Gasteiger partial charge in [0.05, 0.1) is 22.4 Å². The molecule has 0 amide bonds. The number of rotatable bonds is 4. The standard InChI is InChI=1S/C18H23N5O2S/c19-16-17(25)23(8-7-20-16)10-11-5-6-13-15(9-11)26-18(22-13)21-12-3-1-2-4-14(12)24/h5-9,12,14,17,24-25H,1-4,10H2,(H2,19,20)(H,21,22)/t12-,14-,17?/m1/s1. The van der Waals surface area contributed by atoms with Crippen molar-refractivity contribution in [3.05, 3.63) is 36.2 Å². The van der Waals surface area contributed by atoms with E-state index in [1.807, 2.05) is 12.1 Å². The lowest BCUT2D eigenvalue weighted by Crippen LogP contribution is -2.43. The molecule has 1 aliphatic heterocycles. The van der Waals surface area contributed by atoms with Crippen LogP contribution in [0.4, 0.5) is 5.13 Å². The highest BCUT2D eigenvalue weighted by Crippen LogP contribution is 2.30. The van der Waals surface area contributed by atoms with E-state index in [9.17, 15) is 10.2 Å². The summed E-state index contributed by atoms with van der Waals surface area (Å²) >= 11 is 1.59. The second kappa shape index (κ2) is 7.22. The molecule has 1 fully saturated rings. The Bertz CT molecular complexity index is 849. The number of aliphatic hydroxyl groups excluding tert-OH is 2. The molecular formula is C18H23N5O2S. The number of nitrogens with zero attached hydrogens (tertiary/aromatic N) is 3. The molecule has 1 saturated carbocycles. The Kier molecular flexibility index (Phi) is 4.80. The topological polar surface area (TPSA) is 107 Å². The molecule has 7 nitrogen and oxygen atoms in total. The number of aliphatic imine (C=N–C) groups is 1. The van der Waals surface area contributed by atoms with Crippen LogP contribution in [0, 0.1) is 0 Å². The zero-order chi connectivity index (χ0) is 18.1. The van der Waals surface area contributed by atoms with Gasteiger partial charge in [-0.3, -0.25) is 0 Å². The first-order valence-electron chi connectivity index (χ1n) is 8.88. The number of amidine groups is 1. The minimum absolute atomic E-state index is 0.0830. The third-order valence-corrected chi connectivity index (χ3v) is 5.87. The molecule has 8 heteroatoms. The fourth-order valence-corrected chi connectivity index (χ4v) is 4.43. The van der Waals surface area contributed by atoms with Crippen LogP contribution < -0.4 is 11.1 Å². The van der Waals surface area contributed by atoms with Crippen molar-refractivity contribution in [1.29, 1.82) is 0 Å². The number of aromatic nitrogens is 1. The highest BCUT2D eigenvalue weighted by Gasteiger charge is 2.24. The van der Waals surface area contributed by atoms with Gasteiger partial charge in [0.2, 0.25) is 0 Å². The SMILES string of the molecule is NC1=NC=CN(Cc2ccc3nc(N[C@@H]4CCCC[C@H]4O)sc3c2)C1O. The van der Waals surface area contributed by atoms with Crippen molar-refractivity contribution in [2.45, 2.75) is 50.6 Å². The van der Waals surface area contributed by atoms with Crippen LogP contribution in [0.25, 0.3) is 10.2 Å². The number of hydrogen-bond donors (Lipinski definition) is 4. The molecule has 1 aliphatic carbocycles. The molecule has 1 unspecified atom stereocenters. The summed E-state index contributed by atoms with van der Waals surface area (Å²) in [6.45, 7) is 0.534. The van der Waals surface area contributed by atoms with Gasteiger partial charge in [0.1, 0.15) is 5.84 Å². The van der Waals surface area contributed by atoms with Gasteiger partial charge in [0, 0.05) is 18.9 Å². The van der Waals surface area contributed by atoms with E-state index in [-0.39, 0.29) is 18.0 Å². The molecule has 5 N–H and O–H groups in total. The van der Waals surface area contributed by atoms with Crippen molar-refractivity contribution < 1.29 is 10.2 Å². The number of anilines is 1. The fourth-order valence-electron chi connectivity index (χ4n) is 3.44. The average Bonchev–Trinajstić information content (AvgIpc) is 3.02. The molecule has 26 heavy (non-hydrogen) atoms. The minimum Gasteiger partial charge on any atom is -0.391 e. The number of benzene rings is 1. The predicted molar refractivity (Wildman–Crippen MR) is 104 cm³/mol. The Morgan fingerprint density at radius 1 is 1.27 bits per heavy atom. The normalized spacial score (nSPS) is 26.2. The van der Waals surface area contributed by atoms with Gasteiger partial charge in [0.15, 0.2) is 11.4 Å². The van der Waals surface area contributed by atoms with E-state index in [0.29, 0.717) is 6.54 Å². The Labute approximate surface area is 155 Å². The van der Waals surface area contributed by atoms with Crippen LogP contribution in [0.15, 0.2) is 35.6 Å². The fraction of sp³-hybridized carbons (Fsp3) is 0.444. The molecule has 2 aliphatic rings. The molecular weight excluding hydrogens is 350 g/mol. The van der Waals surface area contributed by atoms with E-state index < -0.39 is 6.23 Å². The first-order valence-corrected chi connectivity index (χ1v) is 9.69. The number of aliphatic hydroxyl groups is 2. The van der Waals surface area contributed by atoms with Gasteiger partial charge < -0.3 is 26.2 Å². The van der Waals surface area contributed by atoms with Gasteiger partial charge in [-0.05, 0) is 30.5 Å². The third-order valence-electron chi connectivity index (χ3n) is 4.92. The van der Waals surface area contributed by atoms with Gasteiger partial charge >= 0.3 is 0 Å². The van der Waals surface area contributed by atoms with Gasteiger partial charge in [-0.2, -0.15) is 0 Å². The van der Waals surface area contributed by atoms with Crippen LogP contribution in [0.3, 0.4) is 0 Å². The van der Waals surface area contributed by atoms with E-state index in [4.69, 9.17) is 5.73 Å². The Morgan fingerprint density at radius 2 is 2.12 bits per heavy atom. The van der Waals surface area contributed by atoms with Gasteiger partial charge in [-0.25, -0.2) is 9.98 Å². The van der Waals surface area contributed by atoms with Gasteiger partial charge in [-0.1, -0.05) is 30.2 Å². The summed E-state index contributed by atoms with van der Waals surface area (Å²) < 4.78 is 1.08. The van der Waals surface area contributed by atoms with Crippen LogP contribution in [-0.4, -0.2) is 44.3 Å². The number of thiazole rings is 1. The molecule has 0 bridgehead atoms. The largest absolute Gasteiger partial charge is 0.391 e. The zero-order valence-corrected chi connectivity index (χ0v) is 15.2. The maximum Gasteiger partial charge on any atom is 0.185 e. The van der Waals surface area contributed by atoms with E-state index in [1.54, 1.807) is 28.6 Å². The van der Waals surface area contributed by atoms with Crippen LogP contribution in [0.5, 0.6) is 0 Å². The number of hydrogen-bond acceptors (Lipinski definition) is 8. The monoisotopic (exact) mass is 373 g/mol. The molecule has 2 heterocycles. The van der Waals surface area contributed by atoms with Gasteiger partial charge in [0.25, 0.3) is 0 Å². The molecule has 0 spiro atoms. The van der Waals surface area contributed by atoms with E-state index in [0.717, 1.165) is 46.6 Å². The summed E-state index contributed by atoms with van der Waals surface area (Å²) in [4.78, 5) is 10.3. The maximum absolute atomic E-state index is 10.1. The summed E-state index contributed by atoms with van der Waals surface area (Å²) in [6.07, 6.45) is 6.18. The predicted octanol–water partition coefficient (Wildman–Crippen LogP) is 1.97. The maximum atomic E-state index is 10.1. The average molecular weight is 373 g/mol. The number of fused-ring (bicyclic) bond motifs is 1. The molecule has 0 radical (unpaired) electrons. The van der Waals surface area contributed by atoms with Crippen molar-refractivity contribution in [2.75, 3.05) is 5.32 Å². The molecule has 2 aromatic rings. The summed E-state index contributed by atoms with van der Waals surface area (Å²) in [5.41, 5.74) is 7.68. The Balaban J connectivity index is 1.49. The first kappa shape index (κ1) is 17.3. The van der Waals surface area contributed by atoms with Crippen molar-refractivity contribution in [2.24, 2.45) is 10.7 Å². The molecule has 4 rings (SSSR count). The third kappa shape index (κ3) is 3.53. The van der Waals surface area contributed by atoms with E-state index in [1.165, 1.54) is 0 Å². The van der Waals surface area contributed by atoms with Crippen LogP contribution >= 0.6 is 11.3 Å². The van der Waals surface area contributed by atoms with Crippen molar-refractivity contribution in [3.8, 4) is 0 Å². The summed E-state index contributed by atoms with van der Waals surface area (Å²) in [5, 5.41) is 24.5. The number of nitrogens with two attached hydrogens (primary N) is 1. The lowest BCUT2D eigenvalue weighted by atomic mass is 9.93. The first-order chi connectivity index (χ1) is 12.6. The lowest BCUT2D eigenvalue weighted by Gasteiger charge is -2.28. The van der Waals surface area contributed by atoms with Crippen molar-refractivity contribution >= 4 is 32.5 Å². The molecule has 1 aromatic carbocycles. The van der Waals surface area contributed by atoms with Crippen LogP contribution in [-0.2, 0) is 6.54 Å². The summed E-state index contributed by atoms with van der Waals surface area (Å²) in [7, 11) is 0. The lowest BCUT2D eigenvalue weighted by molar-refractivity contribution is 0.0874. The molecule has 0 saturated heterocycles. The highest BCUT2D eigenvalue weighted by atomic mass is 32.1. The molecule has 138 valence electrons. The second-order valence-electron chi connectivity index (χ2n) is 6.82. The minimum atomic E-state index is -0.901. The highest BCUT2D eigenvalue weighted by molar-refractivity contribution is 7.22. The Morgan fingerprint density at radius 3 is 2.96 bits per heavy atom. The quantitative estimate of drug-likeness (QED) is 0.653. The number of nitrogens with one attached hydrogen (secondary N) is 1. The second-order valence-corrected chi connectivity index (χ2v) is 7.85. The van der Waals surface area contributed by atoms with Crippen LogP contribution in [0.2, 0.25) is 0 Å². The molecule has 1 aromatic heterocycles. The molecule has 3 atom stereocenters. The summed E-state index contributed by atoms with van der Waals surface area (Å²) in [6, 6.07) is 6.16. The van der Waals surface area contributed by atoms with Crippen molar-refractivity contribution in [3.63, 3.8) is 0 Å². The van der Waals surface area contributed by atoms with Crippen molar-refractivity contribution in [1.82, 2.24) is 9.88 Å². The van der Waals surface area contributed by atoms with Crippen LogP contribution in [0.1, 0.15) is 31.2 Å². The van der Waals surface area contributed by atoms with Gasteiger partial charge in [-0.15, -0.1) is 0 Å². The summed E-state index contributed by atoms with van der Waals surface area (Å²) in [5.74, 6) is 0.198. The zero-order valence-electron chi connectivity index (χ0n) is 14.4. The van der Waals surface area contributed by atoms with E-state index >= 15 is 0 Å².